The number of nitrogens with one attached hydrogen (secondary N) is 2. The molecule has 0 aromatic rings. The van der Waals surface area contributed by atoms with Crippen molar-refractivity contribution in [2.45, 2.75) is 19.9 Å². The first-order valence-corrected chi connectivity index (χ1v) is 3.97. The number of hydrogen-bond donors (Lipinski definition) is 2. The molecule has 0 aromatic heterocycles. The molecule has 0 radical (unpaired) electrons. The molecule has 12 heavy (non-hydrogen) atoms. The highest BCUT2D eigenvalue weighted by atomic mass is 16.2. The molecule has 2 N–H and O–H groups in total. The van der Waals surface area contributed by atoms with E-state index >= 15 is 0 Å². The van der Waals surface area contributed by atoms with Gasteiger partial charge in [0.2, 0.25) is 5.78 Å². The minimum atomic E-state index is -0.539. The molecule has 0 saturated carbocycles. The summed E-state index contributed by atoms with van der Waals surface area (Å²) in [4.78, 5) is 22.2. The average molecular weight is 172 g/mol. The first-order valence-electron chi connectivity index (χ1n) is 3.97. The number of likely N-dealkylation sites (N-methyl/N-ethyl adjacent to an activating group) is 2. The van der Waals surface area contributed by atoms with Crippen molar-refractivity contribution in [3.63, 3.8) is 0 Å². The van der Waals surface area contributed by atoms with E-state index in [-0.39, 0.29) is 12.0 Å². The van der Waals surface area contributed by atoms with Gasteiger partial charge >= 0.3 is 0 Å². The van der Waals surface area contributed by atoms with Gasteiger partial charge in [0.1, 0.15) is 0 Å². The summed E-state index contributed by atoms with van der Waals surface area (Å²) in [6.07, 6.45) is 0. The molecular weight excluding hydrogens is 156 g/mol. The van der Waals surface area contributed by atoms with Gasteiger partial charge in [0.15, 0.2) is 0 Å². The lowest BCUT2D eigenvalue weighted by atomic mass is 10.00. The third-order valence-corrected chi connectivity index (χ3v) is 1.71. The van der Waals surface area contributed by atoms with Crippen LogP contribution in [0.1, 0.15) is 13.8 Å². The van der Waals surface area contributed by atoms with E-state index in [0.29, 0.717) is 0 Å². The Morgan fingerprint density at radius 1 is 1.17 bits per heavy atom. The molecule has 0 aromatic carbocycles. The molecule has 1 amide bonds. The zero-order valence-electron chi connectivity index (χ0n) is 7.97. The smallest absolute Gasteiger partial charge is 0.288 e. The highest BCUT2D eigenvalue weighted by Crippen LogP contribution is 2.01. The summed E-state index contributed by atoms with van der Waals surface area (Å²) in [6, 6.07) is -0.384. The molecule has 4 heteroatoms. The standard InChI is InChI=1S/C8H16N2O2/c1-5(2)6(9-3)7(11)8(12)10-4/h5-6,9H,1-4H3,(H,10,12)/t6-/m0/s1. The van der Waals surface area contributed by atoms with Crippen molar-refractivity contribution in [3.8, 4) is 0 Å². The third-order valence-electron chi connectivity index (χ3n) is 1.71. The minimum absolute atomic E-state index is 0.125. The molecule has 0 bridgehead atoms. The summed E-state index contributed by atoms with van der Waals surface area (Å²) < 4.78 is 0. The maximum Gasteiger partial charge on any atom is 0.288 e. The summed E-state index contributed by atoms with van der Waals surface area (Å²) >= 11 is 0. The van der Waals surface area contributed by atoms with Crippen LogP contribution < -0.4 is 10.6 Å². The Morgan fingerprint density at radius 3 is 1.92 bits per heavy atom. The zero-order valence-corrected chi connectivity index (χ0v) is 7.97. The molecule has 0 fully saturated rings. The zero-order chi connectivity index (χ0) is 9.72. The van der Waals surface area contributed by atoms with Gasteiger partial charge in [-0.25, -0.2) is 0 Å². The molecule has 0 unspecified atom stereocenters. The predicted molar refractivity (Wildman–Crippen MR) is 46.8 cm³/mol. The first kappa shape index (κ1) is 11.1. The molecule has 0 aliphatic rings. The van der Waals surface area contributed by atoms with Crippen molar-refractivity contribution in [2.75, 3.05) is 14.1 Å². The van der Waals surface area contributed by atoms with Crippen LogP contribution in [0.2, 0.25) is 0 Å². The lowest BCUT2D eigenvalue weighted by Gasteiger charge is -2.17. The van der Waals surface area contributed by atoms with Crippen LogP contribution in [0, 0.1) is 5.92 Å². The van der Waals surface area contributed by atoms with E-state index in [2.05, 4.69) is 10.6 Å². The van der Waals surface area contributed by atoms with E-state index in [1.54, 1.807) is 7.05 Å². The van der Waals surface area contributed by atoms with E-state index in [4.69, 9.17) is 0 Å². The van der Waals surface area contributed by atoms with Crippen LogP contribution in [-0.2, 0) is 9.59 Å². The van der Waals surface area contributed by atoms with Crippen molar-refractivity contribution < 1.29 is 9.59 Å². The van der Waals surface area contributed by atoms with Gasteiger partial charge in [-0.1, -0.05) is 13.8 Å². The van der Waals surface area contributed by atoms with E-state index in [9.17, 15) is 9.59 Å². The minimum Gasteiger partial charge on any atom is -0.353 e. The third kappa shape index (κ3) is 2.62. The van der Waals surface area contributed by atoms with Gasteiger partial charge in [0.25, 0.3) is 5.91 Å². The Morgan fingerprint density at radius 2 is 1.67 bits per heavy atom. The molecule has 0 spiro atoms. The van der Waals surface area contributed by atoms with Crippen molar-refractivity contribution >= 4 is 11.7 Å². The largest absolute Gasteiger partial charge is 0.353 e. The van der Waals surface area contributed by atoms with E-state index in [1.165, 1.54) is 7.05 Å². The van der Waals surface area contributed by atoms with E-state index in [1.807, 2.05) is 13.8 Å². The molecule has 0 rings (SSSR count). The number of ketones is 1. The SMILES string of the molecule is CNC(=O)C(=O)[C@@H](NC)C(C)C. The Hall–Kier alpha value is -0.900. The first-order chi connectivity index (χ1) is 5.54. The van der Waals surface area contributed by atoms with Gasteiger partial charge in [-0.2, -0.15) is 0 Å². The maximum absolute atomic E-state index is 11.3. The molecule has 0 aliphatic carbocycles. The highest BCUT2D eigenvalue weighted by molar-refractivity contribution is 6.38. The van der Waals surface area contributed by atoms with Crippen LogP contribution in [0.5, 0.6) is 0 Å². The van der Waals surface area contributed by atoms with E-state index in [0.717, 1.165) is 0 Å². The van der Waals surface area contributed by atoms with Crippen molar-refractivity contribution in [2.24, 2.45) is 5.92 Å². The molecule has 0 saturated heterocycles. The lowest BCUT2D eigenvalue weighted by Crippen LogP contribution is -2.45. The van der Waals surface area contributed by atoms with Crippen molar-refractivity contribution in [3.05, 3.63) is 0 Å². The van der Waals surface area contributed by atoms with Crippen LogP contribution in [0.25, 0.3) is 0 Å². The summed E-state index contributed by atoms with van der Waals surface area (Å²) in [7, 11) is 3.12. The van der Waals surface area contributed by atoms with Crippen LogP contribution >= 0.6 is 0 Å². The van der Waals surface area contributed by atoms with Crippen LogP contribution in [0.3, 0.4) is 0 Å². The number of rotatable bonds is 4. The number of amides is 1. The summed E-state index contributed by atoms with van der Waals surface area (Å²) in [6.45, 7) is 3.78. The van der Waals surface area contributed by atoms with Gasteiger partial charge in [-0.15, -0.1) is 0 Å². The molecule has 0 aliphatic heterocycles. The highest BCUT2D eigenvalue weighted by Gasteiger charge is 2.25. The predicted octanol–water partition coefficient (Wildman–Crippen LogP) is -0.455. The monoisotopic (exact) mass is 172 g/mol. The van der Waals surface area contributed by atoms with Crippen molar-refractivity contribution in [1.29, 1.82) is 0 Å². The Balaban J connectivity index is 4.32. The Kier molecular flexibility index (Phi) is 4.51. The topological polar surface area (TPSA) is 58.2 Å². The number of hydrogen-bond acceptors (Lipinski definition) is 3. The normalized spacial score (nSPS) is 12.8. The maximum atomic E-state index is 11.3. The van der Waals surface area contributed by atoms with Gasteiger partial charge in [0.05, 0.1) is 6.04 Å². The molecule has 0 heterocycles. The van der Waals surface area contributed by atoms with Crippen molar-refractivity contribution in [1.82, 2.24) is 10.6 Å². The Bertz CT molecular complexity index is 178. The van der Waals surface area contributed by atoms with Gasteiger partial charge in [0, 0.05) is 7.05 Å². The number of Topliss-reactive ketones (excluding diaryl/α,β-unsaturated/α-hetero) is 1. The quantitative estimate of drug-likeness (QED) is 0.564. The summed E-state index contributed by atoms with van der Waals surface area (Å²) in [5, 5.41) is 5.11. The number of carbonyl (C=O) groups excluding carboxylic acids is 2. The average Bonchev–Trinajstić information content (AvgIpc) is 2.03. The second-order valence-corrected chi connectivity index (χ2v) is 2.95. The van der Waals surface area contributed by atoms with E-state index < -0.39 is 11.7 Å². The van der Waals surface area contributed by atoms with Gasteiger partial charge < -0.3 is 10.6 Å². The second-order valence-electron chi connectivity index (χ2n) is 2.95. The fraction of sp³-hybridized carbons (Fsp3) is 0.750. The molecule has 70 valence electrons. The van der Waals surface area contributed by atoms with Gasteiger partial charge in [-0.05, 0) is 13.0 Å². The summed E-state index contributed by atoms with van der Waals surface area (Å²) in [5.41, 5.74) is 0. The fourth-order valence-corrected chi connectivity index (χ4v) is 1.03. The van der Waals surface area contributed by atoms with Crippen LogP contribution in [0.15, 0.2) is 0 Å². The van der Waals surface area contributed by atoms with Crippen LogP contribution in [0.4, 0.5) is 0 Å². The summed E-state index contributed by atoms with van der Waals surface area (Å²) in [5.74, 6) is -0.821. The molecular formula is C8H16N2O2. The molecule has 1 atom stereocenters. The lowest BCUT2D eigenvalue weighted by molar-refractivity contribution is -0.139. The van der Waals surface area contributed by atoms with Crippen LogP contribution in [-0.4, -0.2) is 31.8 Å². The van der Waals surface area contributed by atoms with Gasteiger partial charge in [-0.3, -0.25) is 9.59 Å². The fourth-order valence-electron chi connectivity index (χ4n) is 1.03. The molecule has 4 nitrogen and oxygen atoms in total. The Labute approximate surface area is 72.7 Å². The second kappa shape index (κ2) is 4.87. The number of carbonyl (C=O) groups is 2.